The van der Waals surface area contributed by atoms with Crippen molar-refractivity contribution in [2.24, 2.45) is 0 Å². The van der Waals surface area contributed by atoms with E-state index >= 15 is 0 Å². The Morgan fingerprint density at radius 2 is 1.71 bits per heavy atom. The fraction of sp³-hybridized carbons (Fsp3) is 0.455. The van der Waals surface area contributed by atoms with E-state index in [4.69, 9.17) is 4.74 Å². The number of carbonyl (C=O) groups is 1. The Balaban J connectivity index is 1.42. The summed E-state index contributed by atoms with van der Waals surface area (Å²) in [5, 5.41) is 0. The highest BCUT2D eigenvalue weighted by Crippen LogP contribution is 2.24. The van der Waals surface area contributed by atoms with Crippen molar-refractivity contribution in [3.05, 3.63) is 53.3 Å². The standard InChI is InChI=1S/C22H28N4O2/c1-17-4-3-5-21(18(17)2)25-8-10-26(11-9-25)22(27)20-16-19(6-7-23-20)24-12-14-28-15-13-24/h3-7,16H,8-15H2,1-2H3. The third kappa shape index (κ3) is 3.83. The molecule has 2 aromatic rings. The molecule has 148 valence electrons. The molecule has 6 heteroatoms. The van der Waals surface area contributed by atoms with Gasteiger partial charge in [0.1, 0.15) is 5.69 Å². The predicted molar refractivity (Wildman–Crippen MR) is 111 cm³/mol. The first kappa shape index (κ1) is 18.7. The summed E-state index contributed by atoms with van der Waals surface area (Å²) < 4.78 is 5.42. The number of benzene rings is 1. The molecule has 1 aromatic heterocycles. The van der Waals surface area contributed by atoms with Gasteiger partial charge in [0.05, 0.1) is 13.2 Å². The normalized spacial score (nSPS) is 17.7. The van der Waals surface area contributed by atoms with Gasteiger partial charge in [-0.2, -0.15) is 0 Å². The average molecular weight is 380 g/mol. The van der Waals surface area contributed by atoms with Crippen LogP contribution in [0.3, 0.4) is 0 Å². The molecule has 28 heavy (non-hydrogen) atoms. The second-order valence-corrected chi connectivity index (χ2v) is 7.50. The first-order chi connectivity index (χ1) is 13.6. The maximum atomic E-state index is 13.0. The first-order valence-corrected chi connectivity index (χ1v) is 10.0. The lowest BCUT2D eigenvalue weighted by Crippen LogP contribution is -2.49. The molecule has 2 aliphatic rings. The Hall–Kier alpha value is -2.60. The second kappa shape index (κ2) is 8.19. The van der Waals surface area contributed by atoms with Gasteiger partial charge in [-0.15, -0.1) is 0 Å². The molecule has 0 bridgehead atoms. The van der Waals surface area contributed by atoms with Crippen LogP contribution in [-0.4, -0.2) is 68.3 Å². The summed E-state index contributed by atoms with van der Waals surface area (Å²) in [4.78, 5) is 23.9. The van der Waals surface area contributed by atoms with Crippen molar-refractivity contribution < 1.29 is 9.53 Å². The van der Waals surface area contributed by atoms with Crippen molar-refractivity contribution in [3.8, 4) is 0 Å². The molecule has 1 amide bonds. The summed E-state index contributed by atoms with van der Waals surface area (Å²) in [5.74, 6) is 0.0238. The van der Waals surface area contributed by atoms with Crippen LogP contribution in [0.4, 0.5) is 11.4 Å². The van der Waals surface area contributed by atoms with Gasteiger partial charge < -0.3 is 19.4 Å². The molecular weight excluding hydrogens is 352 g/mol. The van der Waals surface area contributed by atoms with E-state index in [9.17, 15) is 4.79 Å². The van der Waals surface area contributed by atoms with Crippen LogP contribution in [-0.2, 0) is 4.74 Å². The summed E-state index contributed by atoms with van der Waals surface area (Å²) in [7, 11) is 0. The highest BCUT2D eigenvalue weighted by Gasteiger charge is 2.24. The number of morpholine rings is 1. The van der Waals surface area contributed by atoms with E-state index < -0.39 is 0 Å². The van der Waals surface area contributed by atoms with Gasteiger partial charge in [0.15, 0.2) is 0 Å². The molecule has 1 aromatic carbocycles. The molecule has 0 N–H and O–H groups in total. The topological polar surface area (TPSA) is 48.9 Å². The number of rotatable bonds is 3. The smallest absolute Gasteiger partial charge is 0.272 e. The SMILES string of the molecule is Cc1cccc(N2CCN(C(=O)c3cc(N4CCOCC4)ccn3)CC2)c1C. The third-order valence-corrected chi connectivity index (χ3v) is 5.82. The maximum absolute atomic E-state index is 13.0. The van der Waals surface area contributed by atoms with Gasteiger partial charge in [0.2, 0.25) is 0 Å². The third-order valence-electron chi connectivity index (χ3n) is 5.82. The van der Waals surface area contributed by atoms with Crippen LogP contribution in [0.1, 0.15) is 21.6 Å². The number of hydrogen-bond donors (Lipinski definition) is 0. The molecule has 6 nitrogen and oxygen atoms in total. The molecule has 2 fully saturated rings. The Morgan fingerprint density at radius 3 is 2.46 bits per heavy atom. The number of amides is 1. The summed E-state index contributed by atoms with van der Waals surface area (Å²) in [6, 6.07) is 10.3. The van der Waals surface area contributed by atoms with Crippen molar-refractivity contribution in [2.75, 3.05) is 62.3 Å². The molecule has 0 aliphatic carbocycles. The minimum atomic E-state index is 0.0238. The van der Waals surface area contributed by atoms with E-state index in [-0.39, 0.29) is 5.91 Å². The molecule has 4 rings (SSSR count). The van der Waals surface area contributed by atoms with Crippen molar-refractivity contribution in [2.45, 2.75) is 13.8 Å². The quantitative estimate of drug-likeness (QED) is 0.819. The van der Waals surface area contributed by atoms with Crippen LogP contribution in [0.2, 0.25) is 0 Å². The zero-order valence-corrected chi connectivity index (χ0v) is 16.7. The van der Waals surface area contributed by atoms with Crippen LogP contribution < -0.4 is 9.80 Å². The molecular formula is C22H28N4O2. The monoisotopic (exact) mass is 380 g/mol. The van der Waals surface area contributed by atoms with E-state index in [0.29, 0.717) is 5.69 Å². The Bertz CT molecular complexity index is 840. The summed E-state index contributed by atoms with van der Waals surface area (Å²) in [6.45, 7) is 10.6. The number of nitrogens with zero attached hydrogens (tertiary/aromatic N) is 4. The Morgan fingerprint density at radius 1 is 0.964 bits per heavy atom. The largest absolute Gasteiger partial charge is 0.378 e. The van der Waals surface area contributed by atoms with Crippen molar-refractivity contribution in [1.29, 1.82) is 0 Å². The summed E-state index contributed by atoms with van der Waals surface area (Å²) in [6.07, 6.45) is 1.74. The van der Waals surface area contributed by atoms with E-state index in [0.717, 1.165) is 58.2 Å². The lowest BCUT2D eigenvalue weighted by atomic mass is 10.1. The Kier molecular flexibility index (Phi) is 5.48. The number of hydrogen-bond acceptors (Lipinski definition) is 5. The Labute approximate surface area is 166 Å². The van der Waals surface area contributed by atoms with Gasteiger partial charge in [-0.3, -0.25) is 9.78 Å². The second-order valence-electron chi connectivity index (χ2n) is 7.50. The molecule has 2 saturated heterocycles. The maximum Gasteiger partial charge on any atom is 0.272 e. The van der Waals surface area contributed by atoms with E-state index in [1.54, 1.807) is 6.20 Å². The lowest BCUT2D eigenvalue weighted by molar-refractivity contribution is 0.0741. The van der Waals surface area contributed by atoms with Gasteiger partial charge in [-0.25, -0.2) is 0 Å². The minimum absolute atomic E-state index is 0.0238. The van der Waals surface area contributed by atoms with Crippen molar-refractivity contribution >= 4 is 17.3 Å². The van der Waals surface area contributed by atoms with Crippen LogP contribution in [0.15, 0.2) is 36.5 Å². The van der Waals surface area contributed by atoms with Crippen LogP contribution >= 0.6 is 0 Å². The number of ether oxygens (including phenoxy) is 1. The fourth-order valence-electron chi connectivity index (χ4n) is 3.95. The average Bonchev–Trinajstić information content (AvgIpc) is 2.76. The lowest BCUT2D eigenvalue weighted by Gasteiger charge is -2.37. The van der Waals surface area contributed by atoms with Crippen LogP contribution in [0.5, 0.6) is 0 Å². The molecule has 0 unspecified atom stereocenters. The number of carbonyl (C=O) groups excluding carboxylic acids is 1. The number of piperazine rings is 1. The van der Waals surface area contributed by atoms with Crippen molar-refractivity contribution in [3.63, 3.8) is 0 Å². The van der Waals surface area contributed by atoms with E-state index in [2.05, 4.69) is 46.8 Å². The highest BCUT2D eigenvalue weighted by molar-refractivity contribution is 5.93. The summed E-state index contributed by atoms with van der Waals surface area (Å²) >= 11 is 0. The molecule has 0 radical (unpaired) electrons. The van der Waals surface area contributed by atoms with Gasteiger partial charge in [-0.05, 0) is 43.2 Å². The molecule has 0 spiro atoms. The van der Waals surface area contributed by atoms with Crippen LogP contribution in [0, 0.1) is 13.8 Å². The molecule has 0 saturated carbocycles. The molecule has 2 aliphatic heterocycles. The zero-order chi connectivity index (χ0) is 19.5. The number of aryl methyl sites for hydroxylation is 1. The first-order valence-electron chi connectivity index (χ1n) is 10.0. The summed E-state index contributed by atoms with van der Waals surface area (Å²) in [5.41, 5.74) is 5.49. The van der Waals surface area contributed by atoms with Gasteiger partial charge >= 0.3 is 0 Å². The van der Waals surface area contributed by atoms with Gasteiger partial charge in [-0.1, -0.05) is 12.1 Å². The zero-order valence-electron chi connectivity index (χ0n) is 16.7. The predicted octanol–water partition coefficient (Wildman–Crippen LogP) is 2.50. The minimum Gasteiger partial charge on any atom is -0.378 e. The van der Waals surface area contributed by atoms with E-state index in [1.807, 2.05) is 17.0 Å². The number of pyridine rings is 1. The number of anilines is 2. The van der Waals surface area contributed by atoms with Crippen LogP contribution in [0.25, 0.3) is 0 Å². The number of aromatic nitrogens is 1. The molecule has 0 atom stereocenters. The fourth-order valence-corrected chi connectivity index (χ4v) is 3.95. The van der Waals surface area contributed by atoms with E-state index in [1.165, 1.54) is 16.8 Å². The highest BCUT2D eigenvalue weighted by atomic mass is 16.5. The van der Waals surface area contributed by atoms with Gasteiger partial charge in [0.25, 0.3) is 5.91 Å². The van der Waals surface area contributed by atoms with Gasteiger partial charge in [0, 0.05) is 56.8 Å². The van der Waals surface area contributed by atoms with Crippen molar-refractivity contribution in [1.82, 2.24) is 9.88 Å². The molecule has 3 heterocycles.